The Morgan fingerprint density at radius 1 is 1.40 bits per heavy atom. The largest absolute Gasteiger partial charge is 0.294 e. The zero-order valence-corrected chi connectivity index (χ0v) is 8.55. The zero-order valence-electron chi connectivity index (χ0n) is 8.55. The maximum atomic E-state index is 11.6. The zero-order chi connectivity index (χ0) is 11.3. The van der Waals surface area contributed by atoms with Gasteiger partial charge in [-0.3, -0.25) is 14.9 Å². The summed E-state index contributed by atoms with van der Waals surface area (Å²) in [5.74, 6) is -0.252. The third kappa shape index (κ3) is 3.89. The molecule has 0 saturated heterocycles. The first-order valence-electron chi connectivity index (χ1n) is 4.79. The molecule has 0 aliphatic heterocycles. The van der Waals surface area contributed by atoms with Crippen molar-refractivity contribution in [1.29, 1.82) is 0 Å². The van der Waals surface area contributed by atoms with Crippen molar-refractivity contribution in [3.8, 4) is 0 Å². The van der Waals surface area contributed by atoms with Crippen LogP contribution in [-0.4, -0.2) is 17.3 Å². The fourth-order valence-electron chi connectivity index (χ4n) is 1.38. The SMILES string of the molecule is CC(CC(=O)c1ccccc1)C[N+](=O)[O-]. The summed E-state index contributed by atoms with van der Waals surface area (Å²) in [5.41, 5.74) is 0.618. The van der Waals surface area contributed by atoms with Crippen LogP contribution in [0.5, 0.6) is 0 Å². The smallest absolute Gasteiger partial charge is 0.206 e. The first-order valence-corrected chi connectivity index (χ1v) is 4.79. The lowest BCUT2D eigenvalue weighted by molar-refractivity contribution is -0.487. The van der Waals surface area contributed by atoms with Gasteiger partial charge in [0.05, 0.1) is 0 Å². The monoisotopic (exact) mass is 207 g/mol. The van der Waals surface area contributed by atoms with Gasteiger partial charge >= 0.3 is 0 Å². The number of carbonyl (C=O) groups excluding carboxylic acids is 1. The fourth-order valence-corrected chi connectivity index (χ4v) is 1.38. The Morgan fingerprint density at radius 2 is 2.00 bits per heavy atom. The van der Waals surface area contributed by atoms with Gasteiger partial charge in [0, 0.05) is 22.8 Å². The van der Waals surface area contributed by atoms with E-state index in [1.54, 1.807) is 31.2 Å². The molecule has 0 amide bonds. The molecule has 0 aliphatic carbocycles. The average Bonchev–Trinajstić information content (AvgIpc) is 2.17. The number of benzene rings is 1. The molecule has 1 unspecified atom stereocenters. The van der Waals surface area contributed by atoms with Crippen LogP contribution in [-0.2, 0) is 0 Å². The summed E-state index contributed by atoms with van der Waals surface area (Å²) < 4.78 is 0. The van der Waals surface area contributed by atoms with Crippen LogP contribution in [0.15, 0.2) is 30.3 Å². The van der Waals surface area contributed by atoms with Crippen molar-refractivity contribution in [2.45, 2.75) is 13.3 Å². The van der Waals surface area contributed by atoms with Gasteiger partial charge < -0.3 is 0 Å². The van der Waals surface area contributed by atoms with E-state index >= 15 is 0 Å². The van der Waals surface area contributed by atoms with Crippen LogP contribution >= 0.6 is 0 Å². The quantitative estimate of drug-likeness (QED) is 0.422. The van der Waals surface area contributed by atoms with Crippen LogP contribution in [0.3, 0.4) is 0 Å². The summed E-state index contributed by atoms with van der Waals surface area (Å²) in [6.07, 6.45) is 0.227. The van der Waals surface area contributed by atoms with E-state index in [4.69, 9.17) is 0 Å². The molecule has 4 nitrogen and oxygen atoms in total. The maximum Gasteiger partial charge on any atom is 0.206 e. The molecular weight excluding hydrogens is 194 g/mol. The van der Waals surface area contributed by atoms with Crippen LogP contribution in [0, 0.1) is 16.0 Å². The molecule has 80 valence electrons. The number of ketones is 1. The molecule has 1 atom stereocenters. The van der Waals surface area contributed by atoms with Crippen molar-refractivity contribution in [2.24, 2.45) is 5.92 Å². The maximum absolute atomic E-state index is 11.6. The topological polar surface area (TPSA) is 60.2 Å². The molecule has 0 radical (unpaired) electrons. The molecule has 1 aromatic rings. The molecule has 15 heavy (non-hydrogen) atoms. The third-order valence-electron chi connectivity index (χ3n) is 2.09. The van der Waals surface area contributed by atoms with Crippen molar-refractivity contribution in [3.05, 3.63) is 46.0 Å². The van der Waals surface area contributed by atoms with E-state index in [2.05, 4.69) is 0 Å². The van der Waals surface area contributed by atoms with Crippen molar-refractivity contribution >= 4 is 5.78 Å². The number of rotatable bonds is 5. The molecule has 0 fully saturated rings. The summed E-state index contributed by atoms with van der Waals surface area (Å²) in [7, 11) is 0. The van der Waals surface area contributed by atoms with Crippen molar-refractivity contribution in [2.75, 3.05) is 6.54 Å². The Morgan fingerprint density at radius 3 is 2.53 bits per heavy atom. The minimum absolute atomic E-state index is 0.0371. The van der Waals surface area contributed by atoms with Crippen LogP contribution in [0.1, 0.15) is 23.7 Å². The molecule has 0 N–H and O–H groups in total. The second-order valence-electron chi connectivity index (χ2n) is 3.61. The van der Waals surface area contributed by atoms with Crippen LogP contribution in [0.4, 0.5) is 0 Å². The fraction of sp³-hybridized carbons (Fsp3) is 0.364. The molecule has 0 spiro atoms. The minimum Gasteiger partial charge on any atom is -0.294 e. The van der Waals surface area contributed by atoms with E-state index in [1.807, 2.05) is 6.07 Å². The highest BCUT2D eigenvalue weighted by atomic mass is 16.6. The van der Waals surface area contributed by atoms with Gasteiger partial charge in [-0.1, -0.05) is 37.3 Å². The minimum atomic E-state index is -0.386. The normalized spacial score (nSPS) is 12.1. The van der Waals surface area contributed by atoms with Gasteiger partial charge in [-0.15, -0.1) is 0 Å². The average molecular weight is 207 g/mol. The Kier molecular flexibility index (Phi) is 3.97. The van der Waals surface area contributed by atoms with E-state index in [0.717, 1.165) is 0 Å². The highest BCUT2D eigenvalue weighted by Gasteiger charge is 2.15. The number of nitro groups is 1. The molecule has 0 heterocycles. The Labute approximate surface area is 88.1 Å². The van der Waals surface area contributed by atoms with Gasteiger partial charge in [-0.05, 0) is 0 Å². The van der Waals surface area contributed by atoms with Gasteiger partial charge in [0.1, 0.15) is 0 Å². The third-order valence-corrected chi connectivity index (χ3v) is 2.09. The highest BCUT2D eigenvalue weighted by Crippen LogP contribution is 2.09. The number of nitrogens with zero attached hydrogens (tertiary/aromatic N) is 1. The Balaban J connectivity index is 2.53. The summed E-state index contributed by atoms with van der Waals surface area (Å²) in [6, 6.07) is 8.84. The summed E-state index contributed by atoms with van der Waals surface area (Å²) in [4.78, 5) is 21.4. The van der Waals surface area contributed by atoms with Crippen molar-refractivity contribution < 1.29 is 9.72 Å². The molecule has 0 aromatic heterocycles. The van der Waals surface area contributed by atoms with Gasteiger partial charge in [-0.25, -0.2) is 0 Å². The van der Waals surface area contributed by atoms with E-state index < -0.39 is 0 Å². The lowest BCUT2D eigenvalue weighted by Gasteiger charge is -2.05. The van der Waals surface area contributed by atoms with Gasteiger partial charge in [-0.2, -0.15) is 0 Å². The van der Waals surface area contributed by atoms with Gasteiger partial charge in [0.15, 0.2) is 5.78 Å². The standard InChI is InChI=1S/C11H13NO3/c1-9(8-12(14)15)7-11(13)10-5-3-2-4-6-10/h2-6,9H,7-8H2,1H3. The van der Waals surface area contributed by atoms with Crippen LogP contribution in [0.25, 0.3) is 0 Å². The molecule has 0 aliphatic rings. The van der Waals surface area contributed by atoms with E-state index in [9.17, 15) is 14.9 Å². The number of carbonyl (C=O) groups is 1. The van der Waals surface area contributed by atoms with Crippen LogP contribution in [0.2, 0.25) is 0 Å². The number of hydrogen-bond donors (Lipinski definition) is 0. The predicted octanol–water partition coefficient (Wildman–Crippen LogP) is 2.17. The first-order chi connectivity index (χ1) is 7.09. The Hall–Kier alpha value is -1.71. The second kappa shape index (κ2) is 5.24. The molecule has 4 heteroatoms. The summed E-state index contributed by atoms with van der Waals surface area (Å²) in [6.45, 7) is 1.56. The lowest BCUT2D eigenvalue weighted by Crippen LogP contribution is -2.15. The van der Waals surface area contributed by atoms with E-state index in [1.165, 1.54) is 0 Å². The molecular formula is C11H13NO3. The second-order valence-corrected chi connectivity index (χ2v) is 3.61. The van der Waals surface area contributed by atoms with Crippen molar-refractivity contribution in [1.82, 2.24) is 0 Å². The lowest BCUT2D eigenvalue weighted by atomic mass is 10.00. The molecule has 1 rings (SSSR count). The van der Waals surface area contributed by atoms with E-state index in [-0.39, 0.29) is 29.6 Å². The Bertz CT molecular complexity index is 348. The molecule has 0 bridgehead atoms. The summed E-state index contributed by atoms with van der Waals surface area (Å²) in [5, 5.41) is 10.2. The van der Waals surface area contributed by atoms with Gasteiger partial charge in [0.25, 0.3) is 0 Å². The molecule has 0 saturated carbocycles. The van der Waals surface area contributed by atoms with Crippen molar-refractivity contribution in [3.63, 3.8) is 0 Å². The number of Topliss-reactive ketones (excluding diaryl/α,β-unsaturated/α-hetero) is 1. The molecule has 1 aromatic carbocycles. The number of hydrogen-bond acceptors (Lipinski definition) is 3. The highest BCUT2D eigenvalue weighted by molar-refractivity contribution is 5.96. The first kappa shape index (κ1) is 11.4. The summed E-state index contributed by atoms with van der Waals surface area (Å²) >= 11 is 0. The van der Waals surface area contributed by atoms with Crippen LogP contribution < -0.4 is 0 Å². The predicted molar refractivity (Wildman–Crippen MR) is 56.4 cm³/mol. The van der Waals surface area contributed by atoms with Gasteiger partial charge in [0.2, 0.25) is 6.54 Å². The van der Waals surface area contributed by atoms with E-state index in [0.29, 0.717) is 5.56 Å².